The molecule has 100 valence electrons. The molecule has 0 aliphatic carbocycles. The molecule has 1 aromatic rings. The summed E-state index contributed by atoms with van der Waals surface area (Å²) in [6, 6.07) is 1.94. The van der Waals surface area contributed by atoms with Crippen molar-refractivity contribution in [2.24, 2.45) is 0 Å². The molecule has 2 N–H and O–H groups in total. The third-order valence-corrected chi connectivity index (χ3v) is 2.67. The van der Waals surface area contributed by atoms with Crippen LogP contribution >= 0.6 is 0 Å². The lowest BCUT2D eigenvalue weighted by atomic mass is 10.1. The summed E-state index contributed by atoms with van der Waals surface area (Å²) in [4.78, 5) is 33.7. The molecule has 1 unspecified atom stereocenters. The molecule has 0 bridgehead atoms. The molecule has 0 radical (unpaired) electrons. The molecule has 1 saturated heterocycles. The molecule has 19 heavy (non-hydrogen) atoms. The summed E-state index contributed by atoms with van der Waals surface area (Å²) in [7, 11) is 0. The Hall–Kier alpha value is -2.31. The zero-order valence-electron chi connectivity index (χ0n) is 9.70. The highest BCUT2D eigenvalue weighted by atomic mass is 19.1. The molecule has 0 spiro atoms. The van der Waals surface area contributed by atoms with E-state index in [2.05, 4.69) is 5.32 Å². The number of hydrogen-bond acceptors (Lipinski definition) is 3. The molecular weight excluding hydrogens is 258 g/mol. The number of nitrogens with one attached hydrogen (secondary N) is 2. The smallest absolute Gasteiger partial charge is 0.249 e. The monoisotopic (exact) mass is 268 g/mol. The van der Waals surface area contributed by atoms with E-state index < -0.39 is 35.4 Å². The summed E-state index contributed by atoms with van der Waals surface area (Å²) in [6.45, 7) is 0. The molecule has 1 aromatic carbocycles. The van der Waals surface area contributed by atoms with Crippen LogP contribution in [0.5, 0.6) is 0 Å². The van der Waals surface area contributed by atoms with E-state index >= 15 is 0 Å². The third kappa shape index (κ3) is 3.12. The van der Waals surface area contributed by atoms with E-state index in [1.807, 2.05) is 5.32 Å². The second-order valence-corrected chi connectivity index (χ2v) is 4.15. The molecule has 1 heterocycles. The van der Waals surface area contributed by atoms with Gasteiger partial charge in [0.2, 0.25) is 17.7 Å². The maximum atomic E-state index is 13.3. The highest BCUT2D eigenvalue weighted by molar-refractivity contribution is 6.06. The average molecular weight is 268 g/mol. The van der Waals surface area contributed by atoms with Crippen molar-refractivity contribution in [2.45, 2.75) is 18.9 Å². The lowest BCUT2D eigenvalue weighted by molar-refractivity contribution is -0.128. The predicted octanol–water partition coefficient (Wildman–Crippen LogP) is 0.0386. The Morgan fingerprint density at radius 1 is 1.37 bits per heavy atom. The zero-order valence-corrected chi connectivity index (χ0v) is 9.70. The van der Waals surface area contributed by atoms with Crippen molar-refractivity contribution < 1.29 is 23.2 Å². The number of carbonyl (C=O) groups excluding carboxylic acids is 3. The third-order valence-electron chi connectivity index (χ3n) is 2.67. The number of imide groups is 1. The summed E-state index contributed by atoms with van der Waals surface area (Å²) in [5.41, 5.74) is 0.0173. The summed E-state index contributed by atoms with van der Waals surface area (Å²) >= 11 is 0. The van der Waals surface area contributed by atoms with Gasteiger partial charge < -0.3 is 5.32 Å². The summed E-state index contributed by atoms with van der Waals surface area (Å²) in [5.74, 6) is -3.23. The van der Waals surface area contributed by atoms with Gasteiger partial charge in [0.25, 0.3) is 0 Å². The van der Waals surface area contributed by atoms with E-state index in [4.69, 9.17) is 0 Å². The number of hydrogen-bond donors (Lipinski definition) is 2. The Morgan fingerprint density at radius 2 is 2.11 bits per heavy atom. The molecule has 1 aliphatic rings. The van der Waals surface area contributed by atoms with Crippen molar-refractivity contribution in [3.05, 3.63) is 35.4 Å². The van der Waals surface area contributed by atoms with E-state index in [1.165, 1.54) is 0 Å². The van der Waals surface area contributed by atoms with Crippen LogP contribution < -0.4 is 10.6 Å². The van der Waals surface area contributed by atoms with Crippen LogP contribution in [0.2, 0.25) is 0 Å². The molecule has 1 atom stereocenters. The Balaban J connectivity index is 1.98. The van der Waals surface area contributed by atoms with Gasteiger partial charge in [-0.2, -0.15) is 0 Å². The first-order valence-corrected chi connectivity index (χ1v) is 5.52. The number of rotatable bonds is 3. The summed E-state index contributed by atoms with van der Waals surface area (Å²) < 4.78 is 26.0. The molecule has 2 rings (SSSR count). The highest BCUT2D eigenvalue weighted by Crippen LogP contribution is 2.10. The fourth-order valence-electron chi connectivity index (χ4n) is 1.75. The van der Waals surface area contributed by atoms with Crippen molar-refractivity contribution in [2.75, 3.05) is 0 Å². The van der Waals surface area contributed by atoms with Gasteiger partial charge in [0.1, 0.15) is 17.7 Å². The standard InChI is InChI=1S/C12H10F2N2O3/c13-7-2-1-6(8(14)4-7)3-10(17)15-9-5-11(18)16-12(9)19/h1-2,4,9H,3,5H2,(H,15,17)(H,16,18,19). The molecule has 0 saturated carbocycles. The number of carbonyl (C=O) groups is 3. The van der Waals surface area contributed by atoms with Crippen LogP contribution in [0.4, 0.5) is 8.78 Å². The maximum Gasteiger partial charge on any atom is 0.249 e. The summed E-state index contributed by atoms with van der Waals surface area (Å²) in [5, 5.41) is 4.36. The SMILES string of the molecule is O=C1CC(NC(=O)Cc2ccc(F)cc2F)C(=O)N1. The van der Waals surface area contributed by atoms with Crippen molar-refractivity contribution in [3.8, 4) is 0 Å². The fourth-order valence-corrected chi connectivity index (χ4v) is 1.75. The Bertz CT molecular complexity index is 560. The average Bonchev–Trinajstić information content (AvgIpc) is 2.61. The van der Waals surface area contributed by atoms with Crippen LogP contribution in [-0.4, -0.2) is 23.8 Å². The van der Waals surface area contributed by atoms with Crippen LogP contribution in [0.1, 0.15) is 12.0 Å². The predicted molar refractivity (Wildman–Crippen MR) is 59.8 cm³/mol. The molecular formula is C12H10F2N2O3. The molecule has 1 fully saturated rings. The minimum absolute atomic E-state index is 0.0173. The fraction of sp³-hybridized carbons (Fsp3) is 0.250. The van der Waals surface area contributed by atoms with Gasteiger partial charge in [0.15, 0.2) is 0 Å². The Morgan fingerprint density at radius 3 is 2.68 bits per heavy atom. The highest BCUT2D eigenvalue weighted by Gasteiger charge is 2.31. The van der Waals surface area contributed by atoms with Gasteiger partial charge in [-0.1, -0.05) is 6.07 Å². The van der Waals surface area contributed by atoms with Crippen molar-refractivity contribution in [1.29, 1.82) is 0 Å². The Kier molecular flexibility index (Phi) is 3.55. The van der Waals surface area contributed by atoms with E-state index in [-0.39, 0.29) is 18.4 Å². The van der Waals surface area contributed by atoms with Crippen LogP contribution in [0, 0.1) is 11.6 Å². The van der Waals surface area contributed by atoms with Gasteiger partial charge >= 0.3 is 0 Å². The number of amides is 3. The van der Waals surface area contributed by atoms with Gasteiger partial charge in [-0.3, -0.25) is 19.7 Å². The van der Waals surface area contributed by atoms with Gasteiger partial charge in [-0.25, -0.2) is 8.78 Å². The molecule has 3 amide bonds. The van der Waals surface area contributed by atoms with Crippen molar-refractivity contribution >= 4 is 17.7 Å². The first-order valence-electron chi connectivity index (χ1n) is 5.52. The van der Waals surface area contributed by atoms with Crippen molar-refractivity contribution in [1.82, 2.24) is 10.6 Å². The van der Waals surface area contributed by atoms with Crippen LogP contribution in [-0.2, 0) is 20.8 Å². The van der Waals surface area contributed by atoms with Gasteiger partial charge in [-0.05, 0) is 11.6 Å². The number of halogens is 2. The van der Waals surface area contributed by atoms with Gasteiger partial charge in [0.05, 0.1) is 12.8 Å². The van der Waals surface area contributed by atoms with E-state index in [0.29, 0.717) is 6.07 Å². The minimum Gasteiger partial charge on any atom is -0.343 e. The van der Waals surface area contributed by atoms with Gasteiger partial charge in [0, 0.05) is 6.07 Å². The zero-order chi connectivity index (χ0) is 14.0. The second kappa shape index (κ2) is 5.13. The minimum atomic E-state index is -0.927. The lowest BCUT2D eigenvalue weighted by Gasteiger charge is -2.09. The summed E-state index contributed by atoms with van der Waals surface area (Å²) in [6.07, 6.45) is -0.458. The maximum absolute atomic E-state index is 13.3. The first kappa shape index (κ1) is 13.1. The normalized spacial score (nSPS) is 18.3. The van der Waals surface area contributed by atoms with Gasteiger partial charge in [-0.15, -0.1) is 0 Å². The largest absolute Gasteiger partial charge is 0.343 e. The van der Waals surface area contributed by atoms with E-state index in [1.54, 1.807) is 0 Å². The first-order chi connectivity index (χ1) is 8.95. The number of benzene rings is 1. The van der Waals surface area contributed by atoms with Crippen molar-refractivity contribution in [3.63, 3.8) is 0 Å². The Labute approximate surface area is 107 Å². The lowest BCUT2D eigenvalue weighted by Crippen LogP contribution is -2.40. The quantitative estimate of drug-likeness (QED) is 0.760. The molecule has 1 aliphatic heterocycles. The molecule has 0 aromatic heterocycles. The second-order valence-electron chi connectivity index (χ2n) is 4.15. The van der Waals surface area contributed by atoms with Crippen LogP contribution in [0.3, 0.4) is 0 Å². The molecule has 7 heteroatoms. The van der Waals surface area contributed by atoms with Crippen LogP contribution in [0.25, 0.3) is 0 Å². The topological polar surface area (TPSA) is 75.3 Å². The molecule has 5 nitrogen and oxygen atoms in total. The van der Waals surface area contributed by atoms with Crippen LogP contribution in [0.15, 0.2) is 18.2 Å². The van der Waals surface area contributed by atoms with E-state index in [0.717, 1.165) is 12.1 Å². The van der Waals surface area contributed by atoms with E-state index in [9.17, 15) is 23.2 Å².